The van der Waals surface area contributed by atoms with Crippen LogP contribution in [0.2, 0.25) is 0 Å². The fourth-order valence-electron chi connectivity index (χ4n) is 2.93. The first-order valence-electron chi connectivity index (χ1n) is 9.87. The molecular weight excluding hydrogens is 451 g/mol. The molecule has 15 heteroatoms. The van der Waals surface area contributed by atoms with Crippen LogP contribution in [-0.2, 0) is 27.9 Å². The smallest absolute Gasteiger partial charge is 0.349 e. The predicted octanol–water partition coefficient (Wildman–Crippen LogP) is -2.00. The maximum atomic E-state index is 12.3. The minimum absolute atomic E-state index is 0.144. The molecular formula is C17H27N4O10P. The standard InChI is InChI=1S/C17H27N4O10P/c1-3-29-32(28,30-4-2)9-19-10(22)5-7-18-15(26)14-12(24)13(25)16(31-14)21-8-6-11(23)20-17(21)27/h6,8,12-14,16,24-25H,3-5,7,9H2,1-2H3,(H,18,26)(H,19,22)(H,20,23,27)/t12-,13+,14-,16+/m0/s1. The van der Waals surface area contributed by atoms with Crippen LogP contribution in [0.4, 0.5) is 0 Å². The molecule has 1 fully saturated rings. The zero-order valence-corrected chi connectivity index (χ0v) is 18.4. The number of aromatic amines is 1. The van der Waals surface area contributed by atoms with Crippen molar-refractivity contribution in [2.75, 3.05) is 26.0 Å². The molecule has 180 valence electrons. The molecule has 1 aromatic rings. The van der Waals surface area contributed by atoms with Gasteiger partial charge in [-0.25, -0.2) is 4.79 Å². The molecule has 0 radical (unpaired) electrons. The second kappa shape index (κ2) is 11.5. The summed E-state index contributed by atoms with van der Waals surface area (Å²) in [5.41, 5.74) is -1.55. The Balaban J connectivity index is 1.86. The van der Waals surface area contributed by atoms with Gasteiger partial charge in [-0.2, -0.15) is 0 Å². The number of carbonyl (C=O) groups excluding carboxylic acids is 2. The van der Waals surface area contributed by atoms with Crippen LogP contribution in [-0.4, -0.2) is 75.9 Å². The van der Waals surface area contributed by atoms with E-state index < -0.39 is 55.2 Å². The second-order valence-electron chi connectivity index (χ2n) is 6.69. The molecule has 1 saturated heterocycles. The molecule has 0 bridgehead atoms. The Morgan fingerprint density at radius 3 is 2.44 bits per heavy atom. The fourth-order valence-corrected chi connectivity index (χ4v) is 4.34. The van der Waals surface area contributed by atoms with Crippen LogP contribution in [0.5, 0.6) is 0 Å². The zero-order valence-electron chi connectivity index (χ0n) is 17.6. The highest BCUT2D eigenvalue weighted by Crippen LogP contribution is 2.46. The summed E-state index contributed by atoms with van der Waals surface area (Å²) in [6, 6.07) is 1.02. The predicted molar refractivity (Wildman–Crippen MR) is 109 cm³/mol. The molecule has 0 spiro atoms. The Labute approximate surface area is 182 Å². The molecule has 2 amide bonds. The van der Waals surface area contributed by atoms with Gasteiger partial charge in [0.1, 0.15) is 18.5 Å². The van der Waals surface area contributed by atoms with E-state index in [2.05, 4.69) is 10.6 Å². The molecule has 2 rings (SSSR count). The molecule has 2 heterocycles. The fraction of sp³-hybridized carbons (Fsp3) is 0.647. The van der Waals surface area contributed by atoms with Crippen molar-refractivity contribution in [3.05, 3.63) is 33.1 Å². The SMILES string of the molecule is CCOP(=O)(CNC(=O)CCNC(=O)[C@H]1O[C@@H](n2ccc(=O)[nH]c2=O)[C@H](O)[C@@H]1O)OCC. The molecule has 1 aromatic heterocycles. The monoisotopic (exact) mass is 478 g/mol. The van der Waals surface area contributed by atoms with Crippen LogP contribution in [0, 0.1) is 0 Å². The number of nitrogens with one attached hydrogen (secondary N) is 3. The highest BCUT2D eigenvalue weighted by molar-refractivity contribution is 7.53. The molecule has 5 N–H and O–H groups in total. The lowest BCUT2D eigenvalue weighted by molar-refractivity contribution is -0.137. The Morgan fingerprint density at radius 2 is 1.84 bits per heavy atom. The van der Waals surface area contributed by atoms with E-state index >= 15 is 0 Å². The van der Waals surface area contributed by atoms with Gasteiger partial charge in [-0.05, 0) is 13.8 Å². The summed E-state index contributed by atoms with van der Waals surface area (Å²) in [4.78, 5) is 49.3. The van der Waals surface area contributed by atoms with Crippen molar-refractivity contribution >= 4 is 19.4 Å². The molecule has 0 unspecified atom stereocenters. The molecule has 14 nitrogen and oxygen atoms in total. The third-order valence-electron chi connectivity index (χ3n) is 4.39. The van der Waals surface area contributed by atoms with Crippen LogP contribution in [0.3, 0.4) is 0 Å². The number of aliphatic hydroxyl groups is 2. The van der Waals surface area contributed by atoms with E-state index in [1.165, 1.54) is 0 Å². The van der Waals surface area contributed by atoms with Crippen LogP contribution in [0.1, 0.15) is 26.5 Å². The van der Waals surface area contributed by atoms with Crippen molar-refractivity contribution in [2.24, 2.45) is 0 Å². The summed E-state index contributed by atoms with van der Waals surface area (Å²) in [6.45, 7) is 3.41. The number of nitrogens with zero attached hydrogens (tertiary/aromatic N) is 1. The number of rotatable bonds is 11. The molecule has 0 aromatic carbocycles. The summed E-state index contributed by atoms with van der Waals surface area (Å²) in [6.07, 6.45) is -5.64. The summed E-state index contributed by atoms with van der Waals surface area (Å²) in [5.74, 6) is -1.35. The van der Waals surface area contributed by atoms with Gasteiger partial charge in [0.15, 0.2) is 12.3 Å². The minimum Gasteiger partial charge on any atom is -0.387 e. The summed E-state index contributed by atoms with van der Waals surface area (Å²) < 4.78 is 28.5. The van der Waals surface area contributed by atoms with Gasteiger partial charge < -0.3 is 34.6 Å². The number of aliphatic hydroxyl groups excluding tert-OH is 2. The average molecular weight is 478 g/mol. The van der Waals surface area contributed by atoms with Crippen LogP contribution >= 0.6 is 7.60 Å². The van der Waals surface area contributed by atoms with E-state index in [0.717, 1.165) is 16.8 Å². The van der Waals surface area contributed by atoms with E-state index in [4.69, 9.17) is 13.8 Å². The number of carbonyl (C=O) groups is 2. The van der Waals surface area contributed by atoms with Gasteiger partial charge in [-0.3, -0.25) is 28.5 Å². The van der Waals surface area contributed by atoms with Crippen molar-refractivity contribution in [3.63, 3.8) is 0 Å². The second-order valence-corrected chi connectivity index (χ2v) is 8.75. The van der Waals surface area contributed by atoms with Gasteiger partial charge >= 0.3 is 13.3 Å². The number of H-pyrrole nitrogens is 1. The van der Waals surface area contributed by atoms with Gasteiger partial charge in [-0.15, -0.1) is 0 Å². The van der Waals surface area contributed by atoms with Crippen LogP contribution in [0.15, 0.2) is 21.9 Å². The van der Waals surface area contributed by atoms with Crippen LogP contribution < -0.4 is 21.9 Å². The normalized spacial score (nSPS) is 23.1. The molecule has 0 aliphatic carbocycles. The Bertz CT molecular complexity index is 953. The largest absolute Gasteiger partial charge is 0.387 e. The van der Waals surface area contributed by atoms with E-state index in [1.807, 2.05) is 4.98 Å². The van der Waals surface area contributed by atoms with Crippen molar-refractivity contribution in [1.82, 2.24) is 20.2 Å². The topological polar surface area (TPSA) is 198 Å². The van der Waals surface area contributed by atoms with Gasteiger partial charge in [0, 0.05) is 25.2 Å². The summed E-state index contributed by atoms with van der Waals surface area (Å²) >= 11 is 0. The van der Waals surface area contributed by atoms with Gasteiger partial charge in [0.25, 0.3) is 11.5 Å². The van der Waals surface area contributed by atoms with Crippen molar-refractivity contribution in [3.8, 4) is 0 Å². The number of aromatic nitrogens is 2. The Kier molecular flexibility index (Phi) is 9.31. The average Bonchev–Trinajstić information content (AvgIpc) is 3.02. The van der Waals surface area contributed by atoms with Gasteiger partial charge in [0.05, 0.1) is 13.2 Å². The maximum Gasteiger partial charge on any atom is 0.349 e. The molecule has 0 saturated carbocycles. The number of hydrogen-bond acceptors (Lipinski definition) is 10. The lowest BCUT2D eigenvalue weighted by Gasteiger charge is -2.17. The number of ether oxygens (including phenoxy) is 1. The van der Waals surface area contributed by atoms with Crippen LogP contribution in [0.25, 0.3) is 0 Å². The maximum absolute atomic E-state index is 12.3. The Morgan fingerprint density at radius 1 is 1.19 bits per heavy atom. The van der Waals surface area contributed by atoms with E-state index in [-0.39, 0.29) is 32.5 Å². The van der Waals surface area contributed by atoms with Gasteiger partial charge in [0.2, 0.25) is 5.91 Å². The first-order chi connectivity index (χ1) is 15.1. The van der Waals surface area contributed by atoms with Gasteiger partial charge in [-0.1, -0.05) is 0 Å². The lowest BCUT2D eigenvalue weighted by Crippen LogP contribution is -2.43. The summed E-state index contributed by atoms with van der Waals surface area (Å²) in [7, 11) is -3.45. The zero-order chi connectivity index (χ0) is 23.9. The summed E-state index contributed by atoms with van der Waals surface area (Å²) in [5, 5.41) is 25.1. The highest BCUT2D eigenvalue weighted by atomic mass is 31.2. The van der Waals surface area contributed by atoms with E-state index in [9.17, 15) is 34.0 Å². The number of hydrogen-bond donors (Lipinski definition) is 5. The molecule has 4 atom stereocenters. The van der Waals surface area contributed by atoms with Crippen molar-refractivity contribution in [1.29, 1.82) is 0 Å². The number of amides is 2. The first kappa shape index (κ1) is 25.9. The molecule has 32 heavy (non-hydrogen) atoms. The van der Waals surface area contributed by atoms with Crippen molar-refractivity contribution < 1.29 is 38.2 Å². The van der Waals surface area contributed by atoms with Crippen molar-refractivity contribution in [2.45, 2.75) is 44.8 Å². The quantitative estimate of drug-likeness (QED) is 0.222. The third kappa shape index (κ3) is 6.58. The Hall–Kier alpha value is -2.35. The minimum atomic E-state index is -3.45. The first-order valence-corrected chi connectivity index (χ1v) is 11.6. The molecule has 1 aliphatic rings. The van der Waals surface area contributed by atoms with E-state index in [1.54, 1.807) is 13.8 Å². The van der Waals surface area contributed by atoms with E-state index in [0.29, 0.717) is 0 Å². The molecule has 1 aliphatic heterocycles. The third-order valence-corrected chi connectivity index (χ3v) is 6.24. The highest BCUT2D eigenvalue weighted by Gasteiger charge is 2.47. The lowest BCUT2D eigenvalue weighted by atomic mass is 10.1.